The number of halogens is 2. The van der Waals surface area contributed by atoms with E-state index in [0.29, 0.717) is 22.6 Å². The van der Waals surface area contributed by atoms with Crippen molar-refractivity contribution in [2.45, 2.75) is 25.3 Å². The SMILES string of the molecule is NCCC(c1cccc(Cl)c1Cl)N1CCCC1. The van der Waals surface area contributed by atoms with Crippen LogP contribution in [-0.2, 0) is 0 Å². The molecular formula is C13H18Cl2N2. The smallest absolute Gasteiger partial charge is 0.0640 e. The van der Waals surface area contributed by atoms with E-state index in [2.05, 4.69) is 11.0 Å². The van der Waals surface area contributed by atoms with E-state index >= 15 is 0 Å². The van der Waals surface area contributed by atoms with E-state index in [-0.39, 0.29) is 0 Å². The molecule has 2 nitrogen and oxygen atoms in total. The highest BCUT2D eigenvalue weighted by Gasteiger charge is 2.24. The van der Waals surface area contributed by atoms with Gasteiger partial charge in [-0.15, -0.1) is 0 Å². The Balaban J connectivity index is 2.27. The summed E-state index contributed by atoms with van der Waals surface area (Å²) in [5.74, 6) is 0. The van der Waals surface area contributed by atoms with Crippen LogP contribution in [0.3, 0.4) is 0 Å². The highest BCUT2D eigenvalue weighted by molar-refractivity contribution is 6.42. The lowest BCUT2D eigenvalue weighted by Crippen LogP contribution is -2.27. The van der Waals surface area contributed by atoms with E-state index < -0.39 is 0 Å². The minimum absolute atomic E-state index is 0.314. The third-order valence-electron chi connectivity index (χ3n) is 3.36. The van der Waals surface area contributed by atoms with Gasteiger partial charge in [0.05, 0.1) is 10.0 Å². The molecule has 0 spiro atoms. The van der Waals surface area contributed by atoms with Crippen molar-refractivity contribution < 1.29 is 0 Å². The van der Waals surface area contributed by atoms with Gasteiger partial charge in [0.15, 0.2) is 0 Å². The van der Waals surface area contributed by atoms with Gasteiger partial charge in [-0.1, -0.05) is 35.3 Å². The quantitative estimate of drug-likeness (QED) is 0.910. The monoisotopic (exact) mass is 272 g/mol. The van der Waals surface area contributed by atoms with Gasteiger partial charge >= 0.3 is 0 Å². The van der Waals surface area contributed by atoms with Crippen LogP contribution in [-0.4, -0.2) is 24.5 Å². The fourth-order valence-corrected chi connectivity index (χ4v) is 2.96. The largest absolute Gasteiger partial charge is 0.330 e. The molecule has 1 saturated heterocycles. The fourth-order valence-electron chi connectivity index (χ4n) is 2.52. The zero-order valence-corrected chi connectivity index (χ0v) is 11.3. The van der Waals surface area contributed by atoms with Crippen LogP contribution >= 0.6 is 23.2 Å². The lowest BCUT2D eigenvalue weighted by molar-refractivity contribution is 0.236. The predicted octanol–water partition coefficient (Wildman–Crippen LogP) is 3.48. The molecule has 1 aromatic carbocycles. The molecule has 0 saturated carbocycles. The van der Waals surface area contributed by atoms with Crippen LogP contribution in [0.4, 0.5) is 0 Å². The average Bonchev–Trinajstić information content (AvgIpc) is 2.84. The summed E-state index contributed by atoms with van der Waals surface area (Å²) in [6, 6.07) is 6.17. The molecule has 0 aromatic heterocycles. The van der Waals surface area contributed by atoms with E-state index in [4.69, 9.17) is 28.9 Å². The molecule has 0 amide bonds. The highest BCUT2D eigenvalue weighted by atomic mass is 35.5. The Labute approximate surface area is 113 Å². The first-order valence-corrected chi connectivity index (χ1v) is 6.87. The molecule has 1 unspecified atom stereocenters. The van der Waals surface area contributed by atoms with Gasteiger partial charge in [-0.2, -0.15) is 0 Å². The summed E-state index contributed by atoms with van der Waals surface area (Å²) >= 11 is 12.4. The fraction of sp³-hybridized carbons (Fsp3) is 0.538. The maximum absolute atomic E-state index is 6.30. The van der Waals surface area contributed by atoms with E-state index in [0.717, 1.165) is 25.1 Å². The lowest BCUT2D eigenvalue weighted by atomic mass is 10.0. The standard InChI is InChI=1S/C13H18Cl2N2/c14-11-5-3-4-10(13(11)15)12(6-7-16)17-8-1-2-9-17/h3-5,12H,1-2,6-9,16H2. The summed E-state index contributed by atoms with van der Waals surface area (Å²) in [4.78, 5) is 2.46. The normalized spacial score (nSPS) is 18.5. The van der Waals surface area contributed by atoms with Crippen LogP contribution in [0.15, 0.2) is 18.2 Å². The van der Waals surface area contributed by atoms with Crippen molar-refractivity contribution in [2.24, 2.45) is 5.73 Å². The van der Waals surface area contributed by atoms with Crippen molar-refractivity contribution in [3.63, 3.8) is 0 Å². The molecule has 1 aliphatic rings. The number of likely N-dealkylation sites (tertiary alicyclic amines) is 1. The van der Waals surface area contributed by atoms with Crippen LogP contribution in [0.25, 0.3) is 0 Å². The molecule has 94 valence electrons. The Morgan fingerprint density at radius 2 is 1.94 bits per heavy atom. The van der Waals surface area contributed by atoms with Gasteiger partial charge in [0.1, 0.15) is 0 Å². The van der Waals surface area contributed by atoms with Crippen LogP contribution in [0.1, 0.15) is 30.9 Å². The van der Waals surface area contributed by atoms with E-state index in [1.165, 1.54) is 12.8 Å². The van der Waals surface area contributed by atoms with Crippen molar-refractivity contribution in [3.8, 4) is 0 Å². The van der Waals surface area contributed by atoms with Gasteiger partial charge in [-0.25, -0.2) is 0 Å². The average molecular weight is 273 g/mol. The van der Waals surface area contributed by atoms with Crippen molar-refractivity contribution in [3.05, 3.63) is 33.8 Å². The predicted molar refractivity (Wildman–Crippen MR) is 73.7 cm³/mol. The Bertz CT molecular complexity index is 376. The second-order valence-electron chi connectivity index (χ2n) is 4.48. The molecule has 1 fully saturated rings. The van der Waals surface area contributed by atoms with Crippen LogP contribution in [0, 0.1) is 0 Å². The van der Waals surface area contributed by atoms with Gasteiger partial charge in [-0.3, -0.25) is 4.90 Å². The van der Waals surface area contributed by atoms with E-state index in [1.54, 1.807) is 0 Å². The first-order chi connectivity index (χ1) is 8.24. The topological polar surface area (TPSA) is 29.3 Å². The van der Waals surface area contributed by atoms with Crippen molar-refractivity contribution >= 4 is 23.2 Å². The number of hydrogen-bond donors (Lipinski definition) is 1. The highest BCUT2D eigenvalue weighted by Crippen LogP contribution is 2.35. The zero-order chi connectivity index (χ0) is 12.3. The maximum Gasteiger partial charge on any atom is 0.0640 e. The number of nitrogens with zero attached hydrogens (tertiary/aromatic N) is 1. The van der Waals surface area contributed by atoms with Crippen LogP contribution in [0.5, 0.6) is 0 Å². The number of benzene rings is 1. The Morgan fingerprint density at radius 3 is 2.59 bits per heavy atom. The minimum Gasteiger partial charge on any atom is -0.330 e. The summed E-state index contributed by atoms with van der Waals surface area (Å²) in [6.07, 6.45) is 3.46. The minimum atomic E-state index is 0.314. The molecule has 2 rings (SSSR count). The summed E-state index contributed by atoms with van der Waals surface area (Å²) in [5, 5.41) is 1.31. The maximum atomic E-state index is 6.30. The zero-order valence-electron chi connectivity index (χ0n) is 9.83. The van der Waals surface area contributed by atoms with Crippen molar-refractivity contribution in [1.82, 2.24) is 4.90 Å². The van der Waals surface area contributed by atoms with Gasteiger partial charge < -0.3 is 5.73 Å². The summed E-state index contributed by atoms with van der Waals surface area (Å²) in [5.41, 5.74) is 6.84. The van der Waals surface area contributed by atoms with Crippen molar-refractivity contribution in [2.75, 3.05) is 19.6 Å². The third kappa shape index (κ3) is 2.94. The molecule has 1 heterocycles. The second kappa shape index (κ2) is 6.05. The summed E-state index contributed by atoms with van der Waals surface area (Å²) in [6.45, 7) is 2.94. The van der Waals surface area contributed by atoms with Gasteiger partial charge in [-0.05, 0) is 50.5 Å². The van der Waals surface area contributed by atoms with Gasteiger partial charge in [0.2, 0.25) is 0 Å². The van der Waals surface area contributed by atoms with Crippen LogP contribution in [0.2, 0.25) is 10.0 Å². The van der Waals surface area contributed by atoms with Gasteiger partial charge in [0, 0.05) is 6.04 Å². The molecule has 1 aromatic rings. The first-order valence-electron chi connectivity index (χ1n) is 6.12. The van der Waals surface area contributed by atoms with Gasteiger partial charge in [0.25, 0.3) is 0 Å². The number of nitrogens with two attached hydrogens (primary N) is 1. The number of rotatable bonds is 4. The van der Waals surface area contributed by atoms with E-state index in [1.807, 2.05) is 12.1 Å². The number of hydrogen-bond acceptors (Lipinski definition) is 2. The molecule has 17 heavy (non-hydrogen) atoms. The van der Waals surface area contributed by atoms with Crippen molar-refractivity contribution in [1.29, 1.82) is 0 Å². The summed E-state index contributed by atoms with van der Waals surface area (Å²) < 4.78 is 0. The molecule has 0 radical (unpaired) electrons. The molecule has 1 atom stereocenters. The lowest BCUT2D eigenvalue weighted by Gasteiger charge is -2.28. The summed E-state index contributed by atoms with van der Waals surface area (Å²) in [7, 11) is 0. The molecule has 1 aliphatic heterocycles. The second-order valence-corrected chi connectivity index (χ2v) is 5.26. The molecule has 4 heteroatoms. The molecule has 2 N–H and O–H groups in total. The third-order valence-corrected chi connectivity index (χ3v) is 4.20. The molecule has 0 bridgehead atoms. The Kier molecular flexibility index (Phi) is 4.69. The molecular weight excluding hydrogens is 255 g/mol. The van der Waals surface area contributed by atoms with Crippen LogP contribution < -0.4 is 5.73 Å². The Hall–Kier alpha value is -0.280. The molecule has 0 aliphatic carbocycles. The van der Waals surface area contributed by atoms with E-state index in [9.17, 15) is 0 Å². The Morgan fingerprint density at radius 1 is 1.24 bits per heavy atom. The first kappa shape index (κ1) is 13.2.